The lowest BCUT2D eigenvalue weighted by Crippen LogP contribution is -2.20. The van der Waals surface area contributed by atoms with Gasteiger partial charge in [-0.2, -0.15) is 8.42 Å². The number of nitro groups is 1. The van der Waals surface area contributed by atoms with Gasteiger partial charge in [0.05, 0.1) is 17.6 Å². The maximum absolute atomic E-state index is 13.7. The Kier molecular flexibility index (Phi) is 5.87. The molecule has 0 aromatic heterocycles. The molecule has 2 rings (SSSR count). The second-order valence-electron chi connectivity index (χ2n) is 5.06. The fraction of sp³-hybridized carbons (Fsp3) is 0.0667. The summed E-state index contributed by atoms with van der Waals surface area (Å²) in [6.45, 7) is 0. The number of halogens is 5. The topological polar surface area (TPSA) is 98.5 Å². The zero-order chi connectivity index (χ0) is 21.2. The third-order valence-electron chi connectivity index (χ3n) is 3.31. The molecule has 0 fully saturated rings. The molecule has 0 aliphatic heterocycles. The first-order chi connectivity index (χ1) is 13.0. The zero-order valence-corrected chi connectivity index (χ0v) is 14.5. The minimum Gasteiger partial charge on any atom is -0.497 e. The molecule has 7 nitrogen and oxygen atoms in total. The molecule has 0 saturated heterocycles. The van der Waals surface area contributed by atoms with Crippen molar-refractivity contribution in [1.29, 1.82) is 0 Å². The summed E-state index contributed by atoms with van der Waals surface area (Å²) in [6.07, 6.45) is -0.262. The molecule has 1 N–H and O–H groups in total. The van der Waals surface area contributed by atoms with E-state index in [-0.39, 0.29) is 11.8 Å². The van der Waals surface area contributed by atoms with Crippen molar-refractivity contribution < 1.29 is 40.0 Å². The van der Waals surface area contributed by atoms with Gasteiger partial charge in [-0.15, -0.1) is 0 Å². The zero-order valence-electron chi connectivity index (χ0n) is 13.7. The van der Waals surface area contributed by atoms with Crippen LogP contribution in [0.4, 0.5) is 27.6 Å². The number of anilines is 1. The molecule has 2 aromatic carbocycles. The first-order valence-electron chi connectivity index (χ1n) is 7.04. The molecule has 13 heteroatoms. The molecule has 0 bridgehead atoms. The highest BCUT2D eigenvalue weighted by molar-refractivity contribution is 7.96. The van der Waals surface area contributed by atoms with Crippen LogP contribution in [0.3, 0.4) is 0 Å². The van der Waals surface area contributed by atoms with Gasteiger partial charge in [-0.1, -0.05) is 0 Å². The summed E-state index contributed by atoms with van der Waals surface area (Å²) >= 11 is 0. The number of ether oxygens (including phenoxy) is 1. The highest BCUT2D eigenvalue weighted by atomic mass is 32.2. The molecule has 0 amide bonds. The number of hydrogen-bond donors (Lipinski definition) is 1. The first kappa shape index (κ1) is 21.1. The lowest BCUT2D eigenvalue weighted by Gasteiger charge is -2.08. The first-order valence-corrected chi connectivity index (χ1v) is 8.52. The van der Waals surface area contributed by atoms with E-state index in [1.54, 1.807) is 4.72 Å². The van der Waals surface area contributed by atoms with Crippen molar-refractivity contribution in [1.82, 2.24) is 0 Å². The molecular formula is C15H9F5N2O5S. The number of methoxy groups -OCH3 is 1. The average molecular weight is 424 g/mol. The van der Waals surface area contributed by atoms with E-state index >= 15 is 0 Å². The third kappa shape index (κ3) is 4.03. The highest BCUT2D eigenvalue weighted by Gasteiger charge is 2.33. The van der Waals surface area contributed by atoms with Gasteiger partial charge in [0, 0.05) is 11.8 Å². The molecule has 0 unspecified atom stereocenters. The maximum Gasteiger partial charge on any atom is 0.379 e. The Hall–Kier alpha value is -3.22. The predicted octanol–water partition coefficient (Wildman–Crippen LogP) is 3.41. The third-order valence-corrected chi connectivity index (χ3v) is 4.63. The van der Waals surface area contributed by atoms with Crippen molar-refractivity contribution in [2.75, 3.05) is 11.8 Å². The summed E-state index contributed by atoms with van der Waals surface area (Å²) in [5, 5.41) is 9.25. The Labute approximate surface area is 154 Å². The van der Waals surface area contributed by atoms with Gasteiger partial charge in [0.25, 0.3) is 0 Å². The molecule has 2 aromatic rings. The summed E-state index contributed by atoms with van der Waals surface area (Å²) in [7, 11) is -3.73. The van der Waals surface area contributed by atoms with Gasteiger partial charge in [-0.3, -0.25) is 14.8 Å². The minimum absolute atomic E-state index is 0.189. The highest BCUT2D eigenvalue weighted by Crippen LogP contribution is 2.27. The van der Waals surface area contributed by atoms with Gasteiger partial charge in [0.1, 0.15) is 5.75 Å². The van der Waals surface area contributed by atoms with Gasteiger partial charge in [-0.25, -0.2) is 22.0 Å². The molecular weight excluding hydrogens is 415 g/mol. The largest absolute Gasteiger partial charge is 0.497 e. The summed E-state index contributed by atoms with van der Waals surface area (Å²) in [6, 6.07) is 4.92. The lowest BCUT2D eigenvalue weighted by atomic mass is 10.1. The molecule has 150 valence electrons. The number of sulfonamides is 1. The van der Waals surface area contributed by atoms with Crippen molar-refractivity contribution in [3.8, 4) is 5.75 Å². The molecule has 0 radical (unpaired) electrons. The minimum atomic E-state index is -5.06. The van der Waals surface area contributed by atoms with Crippen LogP contribution in [-0.2, 0) is 10.0 Å². The van der Waals surface area contributed by atoms with Gasteiger partial charge in [0.2, 0.25) is 5.82 Å². The monoisotopic (exact) mass is 424 g/mol. The van der Waals surface area contributed by atoms with Gasteiger partial charge in [-0.05, 0) is 24.3 Å². The van der Waals surface area contributed by atoms with Gasteiger partial charge < -0.3 is 4.74 Å². The van der Waals surface area contributed by atoms with E-state index in [1.165, 1.54) is 19.2 Å². The Bertz CT molecular complexity index is 1040. The van der Waals surface area contributed by atoms with Crippen molar-refractivity contribution in [2.45, 2.75) is 0 Å². The van der Waals surface area contributed by atoms with Crippen LogP contribution >= 0.6 is 0 Å². The number of benzene rings is 2. The fourth-order valence-electron chi connectivity index (χ4n) is 1.97. The van der Waals surface area contributed by atoms with Crippen LogP contribution in [0.1, 0.15) is 5.56 Å². The SMILES string of the molecule is COc1ccc(NS(=O)(=O)/C(=C/c2c(F)c(F)c(F)c(F)c2F)[N+](=O)[O-])cc1. The average Bonchev–Trinajstić information content (AvgIpc) is 2.64. The lowest BCUT2D eigenvalue weighted by molar-refractivity contribution is -0.410. The van der Waals surface area contributed by atoms with E-state index < -0.39 is 54.6 Å². The Morgan fingerprint density at radius 1 is 1.00 bits per heavy atom. The Morgan fingerprint density at radius 2 is 1.46 bits per heavy atom. The second-order valence-corrected chi connectivity index (χ2v) is 6.69. The second kappa shape index (κ2) is 7.80. The van der Waals surface area contributed by atoms with E-state index in [2.05, 4.69) is 0 Å². The van der Waals surface area contributed by atoms with Crippen LogP contribution in [0.2, 0.25) is 0 Å². The predicted molar refractivity (Wildman–Crippen MR) is 86.7 cm³/mol. The standard InChI is InChI=1S/C15H9F5N2O5S/c1-27-8-4-2-7(3-5-8)21-28(25,26)10(22(23)24)6-9-11(16)13(18)15(20)14(19)12(9)17/h2-6,21H,1H3/b10-6+. The van der Waals surface area contributed by atoms with E-state index in [9.17, 15) is 40.5 Å². The number of nitrogens with zero attached hydrogens (tertiary/aromatic N) is 1. The molecule has 0 spiro atoms. The van der Waals surface area contributed by atoms with E-state index in [4.69, 9.17) is 4.74 Å². The number of rotatable bonds is 6. The number of hydrogen-bond acceptors (Lipinski definition) is 5. The summed E-state index contributed by atoms with van der Waals surface area (Å²) in [4.78, 5) is 9.54. The summed E-state index contributed by atoms with van der Waals surface area (Å²) in [5.74, 6) is -11.8. The Morgan fingerprint density at radius 3 is 1.89 bits per heavy atom. The van der Waals surface area contributed by atoms with Crippen LogP contribution in [0.15, 0.2) is 29.3 Å². The molecule has 0 aliphatic carbocycles. The quantitative estimate of drug-likeness (QED) is 0.252. The summed E-state index contributed by atoms with van der Waals surface area (Å²) < 4.78 is 97.9. The van der Waals surface area contributed by atoms with E-state index in [0.717, 1.165) is 12.1 Å². The van der Waals surface area contributed by atoms with Crippen molar-refractivity contribution in [3.05, 3.63) is 74.1 Å². The van der Waals surface area contributed by atoms with Crippen LogP contribution in [0.5, 0.6) is 5.75 Å². The van der Waals surface area contributed by atoms with E-state index in [0.29, 0.717) is 5.75 Å². The number of nitrogens with one attached hydrogen (secondary N) is 1. The van der Waals surface area contributed by atoms with Crippen molar-refractivity contribution >= 4 is 21.8 Å². The Balaban J connectivity index is 2.57. The fourth-order valence-corrected chi connectivity index (χ4v) is 2.99. The molecule has 28 heavy (non-hydrogen) atoms. The maximum atomic E-state index is 13.7. The molecule has 0 aliphatic rings. The van der Waals surface area contributed by atoms with Crippen molar-refractivity contribution in [3.63, 3.8) is 0 Å². The molecule has 0 saturated carbocycles. The van der Waals surface area contributed by atoms with Crippen LogP contribution in [-0.4, -0.2) is 20.5 Å². The van der Waals surface area contributed by atoms with Crippen LogP contribution in [0.25, 0.3) is 6.08 Å². The summed E-state index contributed by atoms with van der Waals surface area (Å²) in [5.41, 5.74) is -1.96. The molecule has 0 atom stereocenters. The van der Waals surface area contributed by atoms with Crippen LogP contribution < -0.4 is 9.46 Å². The van der Waals surface area contributed by atoms with Crippen LogP contribution in [0, 0.1) is 39.2 Å². The van der Waals surface area contributed by atoms with Gasteiger partial charge >= 0.3 is 15.1 Å². The normalized spacial score (nSPS) is 12.0. The van der Waals surface area contributed by atoms with Crippen molar-refractivity contribution in [2.24, 2.45) is 0 Å². The van der Waals surface area contributed by atoms with E-state index in [1.807, 2.05) is 0 Å². The molecule has 0 heterocycles. The van der Waals surface area contributed by atoms with Gasteiger partial charge in [0.15, 0.2) is 23.3 Å². The smallest absolute Gasteiger partial charge is 0.379 e.